The molecule has 2 N–H and O–H groups in total. The zero-order valence-electron chi connectivity index (χ0n) is 14.0. The van der Waals surface area contributed by atoms with Crippen molar-refractivity contribution >= 4 is 0 Å². The van der Waals surface area contributed by atoms with E-state index in [9.17, 15) is 15.8 Å². The molecule has 0 radical (unpaired) electrons. The van der Waals surface area contributed by atoms with Crippen LogP contribution in [0.4, 0.5) is 0 Å². The van der Waals surface area contributed by atoms with Crippen LogP contribution in [0.5, 0.6) is 11.5 Å². The largest absolute Gasteiger partial charge is 0.454 e. The SMILES string of the molecule is N#CC1=C(N)C(C#N)(C#N)[C@@H](c2ccc3c(c2)OCO3)[C@H]2CCCC=C12. The highest BCUT2D eigenvalue weighted by atomic mass is 16.7. The number of nitrogens with zero attached hydrogens (tertiary/aromatic N) is 3. The molecule has 0 amide bonds. The minimum atomic E-state index is -1.59. The summed E-state index contributed by atoms with van der Waals surface area (Å²) < 4.78 is 10.8. The molecule has 1 aromatic carbocycles. The van der Waals surface area contributed by atoms with Crippen LogP contribution in [0.1, 0.15) is 30.7 Å². The molecule has 1 heterocycles. The molecule has 0 spiro atoms. The van der Waals surface area contributed by atoms with Gasteiger partial charge in [0.15, 0.2) is 16.9 Å². The Kier molecular flexibility index (Phi) is 3.60. The van der Waals surface area contributed by atoms with E-state index in [-0.39, 0.29) is 24.0 Å². The van der Waals surface area contributed by atoms with Crippen molar-refractivity contribution in [2.75, 3.05) is 6.79 Å². The van der Waals surface area contributed by atoms with E-state index >= 15 is 0 Å². The van der Waals surface area contributed by atoms with Gasteiger partial charge in [-0.2, -0.15) is 15.8 Å². The van der Waals surface area contributed by atoms with Crippen LogP contribution in [0.15, 0.2) is 41.1 Å². The summed E-state index contributed by atoms with van der Waals surface area (Å²) in [5.41, 5.74) is 6.67. The molecule has 0 unspecified atom stereocenters. The molecule has 0 aromatic heterocycles. The molecule has 0 bridgehead atoms. The summed E-state index contributed by atoms with van der Waals surface area (Å²) >= 11 is 0. The normalized spacial score (nSPS) is 25.3. The second-order valence-electron chi connectivity index (χ2n) is 6.72. The van der Waals surface area contributed by atoms with Crippen molar-refractivity contribution in [2.24, 2.45) is 17.1 Å². The molecular formula is C20H16N4O2. The Hall–Kier alpha value is -3.43. The van der Waals surface area contributed by atoms with E-state index in [2.05, 4.69) is 18.2 Å². The Morgan fingerprint density at radius 3 is 2.62 bits per heavy atom. The van der Waals surface area contributed by atoms with Gasteiger partial charge in [0.25, 0.3) is 0 Å². The van der Waals surface area contributed by atoms with Crippen LogP contribution in [-0.4, -0.2) is 6.79 Å². The number of rotatable bonds is 1. The molecule has 128 valence electrons. The number of nitrogens with two attached hydrogens (primary N) is 1. The molecule has 0 saturated carbocycles. The van der Waals surface area contributed by atoms with Gasteiger partial charge in [-0.25, -0.2) is 0 Å². The average Bonchev–Trinajstić information content (AvgIpc) is 3.15. The highest BCUT2D eigenvalue weighted by molar-refractivity contribution is 5.60. The third-order valence-electron chi connectivity index (χ3n) is 5.55. The Labute approximate surface area is 151 Å². The van der Waals surface area contributed by atoms with Gasteiger partial charge in [0.1, 0.15) is 6.07 Å². The summed E-state index contributed by atoms with van der Waals surface area (Å²) in [7, 11) is 0. The zero-order valence-corrected chi connectivity index (χ0v) is 14.0. The number of hydrogen-bond donors (Lipinski definition) is 1. The minimum absolute atomic E-state index is 0.0528. The monoisotopic (exact) mass is 344 g/mol. The summed E-state index contributed by atoms with van der Waals surface area (Å²) in [6.07, 6.45) is 4.64. The maximum absolute atomic E-state index is 9.97. The summed E-state index contributed by atoms with van der Waals surface area (Å²) in [6, 6.07) is 11.9. The lowest BCUT2D eigenvalue weighted by molar-refractivity contribution is 0.174. The van der Waals surface area contributed by atoms with E-state index in [4.69, 9.17) is 15.2 Å². The van der Waals surface area contributed by atoms with E-state index in [0.29, 0.717) is 11.5 Å². The van der Waals surface area contributed by atoms with Gasteiger partial charge >= 0.3 is 0 Å². The molecule has 3 aliphatic rings. The fourth-order valence-corrected chi connectivity index (χ4v) is 4.36. The van der Waals surface area contributed by atoms with Crippen molar-refractivity contribution in [3.8, 4) is 29.7 Å². The molecule has 26 heavy (non-hydrogen) atoms. The van der Waals surface area contributed by atoms with Crippen LogP contribution in [0.2, 0.25) is 0 Å². The Balaban J connectivity index is 1.97. The van der Waals surface area contributed by atoms with E-state index < -0.39 is 11.3 Å². The second kappa shape index (κ2) is 5.83. The lowest BCUT2D eigenvalue weighted by Gasteiger charge is -2.43. The molecule has 0 saturated heterocycles. The van der Waals surface area contributed by atoms with Crippen LogP contribution in [0.25, 0.3) is 0 Å². The van der Waals surface area contributed by atoms with Gasteiger partial charge in [0, 0.05) is 5.92 Å². The number of allylic oxidation sites excluding steroid dienone is 4. The molecule has 2 aliphatic carbocycles. The summed E-state index contributed by atoms with van der Waals surface area (Å²) in [4.78, 5) is 0. The van der Waals surface area contributed by atoms with Crippen LogP contribution in [0.3, 0.4) is 0 Å². The summed E-state index contributed by atoms with van der Waals surface area (Å²) in [5.74, 6) is 0.674. The average molecular weight is 344 g/mol. The number of benzene rings is 1. The van der Waals surface area contributed by atoms with Gasteiger partial charge in [-0.05, 0) is 48.4 Å². The molecule has 1 aliphatic heterocycles. The molecule has 6 heteroatoms. The van der Waals surface area contributed by atoms with E-state index in [1.165, 1.54) is 0 Å². The topological polar surface area (TPSA) is 116 Å². The maximum Gasteiger partial charge on any atom is 0.231 e. The van der Waals surface area contributed by atoms with Crippen LogP contribution >= 0.6 is 0 Å². The fourth-order valence-electron chi connectivity index (χ4n) is 4.36. The van der Waals surface area contributed by atoms with E-state index in [0.717, 1.165) is 30.4 Å². The van der Waals surface area contributed by atoms with Crippen LogP contribution < -0.4 is 15.2 Å². The first kappa shape index (κ1) is 16.1. The molecule has 4 rings (SSSR count). The van der Waals surface area contributed by atoms with Gasteiger partial charge < -0.3 is 15.2 Å². The van der Waals surface area contributed by atoms with E-state index in [1.807, 2.05) is 18.2 Å². The Morgan fingerprint density at radius 1 is 1.12 bits per heavy atom. The van der Waals surface area contributed by atoms with Crippen molar-refractivity contribution in [1.82, 2.24) is 0 Å². The molecule has 2 atom stereocenters. The predicted molar refractivity (Wildman–Crippen MR) is 91.2 cm³/mol. The first-order valence-electron chi connectivity index (χ1n) is 8.49. The first-order chi connectivity index (χ1) is 12.7. The third kappa shape index (κ3) is 2.01. The first-order valence-corrected chi connectivity index (χ1v) is 8.49. The summed E-state index contributed by atoms with van der Waals surface area (Å²) in [5, 5.41) is 29.6. The van der Waals surface area contributed by atoms with Gasteiger partial charge in [-0.1, -0.05) is 12.1 Å². The number of nitriles is 3. The van der Waals surface area contributed by atoms with E-state index in [1.54, 1.807) is 6.07 Å². The second-order valence-corrected chi connectivity index (χ2v) is 6.72. The van der Waals surface area contributed by atoms with Gasteiger partial charge in [0.2, 0.25) is 6.79 Å². The molecule has 6 nitrogen and oxygen atoms in total. The van der Waals surface area contributed by atoms with Crippen molar-refractivity contribution in [1.29, 1.82) is 15.8 Å². The lowest BCUT2D eigenvalue weighted by Crippen LogP contribution is -2.42. The van der Waals surface area contributed by atoms with Gasteiger partial charge in [-0.3, -0.25) is 0 Å². The van der Waals surface area contributed by atoms with Crippen molar-refractivity contribution < 1.29 is 9.47 Å². The van der Waals surface area contributed by atoms with Crippen LogP contribution in [0, 0.1) is 45.3 Å². The van der Waals surface area contributed by atoms with Gasteiger partial charge in [0.05, 0.1) is 23.4 Å². The quantitative estimate of drug-likeness (QED) is 0.837. The van der Waals surface area contributed by atoms with Crippen molar-refractivity contribution in [2.45, 2.75) is 25.2 Å². The standard InChI is InChI=1S/C20H16N4O2/c21-8-15-13-3-1-2-4-14(13)18(20(9-22,10-23)19(15)24)12-5-6-16-17(7-12)26-11-25-16/h3,5-7,14,18H,1-2,4,11,24H2/t14-,18-/m0/s1. The highest BCUT2D eigenvalue weighted by Crippen LogP contribution is 2.56. The van der Waals surface area contributed by atoms with Crippen LogP contribution in [-0.2, 0) is 0 Å². The van der Waals surface area contributed by atoms with Crippen molar-refractivity contribution in [3.63, 3.8) is 0 Å². The number of fused-ring (bicyclic) bond motifs is 2. The maximum atomic E-state index is 9.97. The zero-order chi connectivity index (χ0) is 18.3. The Morgan fingerprint density at radius 2 is 1.88 bits per heavy atom. The predicted octanol–water partition coefficient (Wildman–Crippen LogP) is 3.01. The molecule has 0 fully saturated rings. The third-order valence-corrected chi connectivity index (χ3v) is 5.55. The number of hydrogen-bond acceptors (Lipinski definition) is 6. The minimum Gasteiger partial charge on any atom is -0.454 e. The Bertz CT molecular complexity index is 957. The lowest BCUT2D eigenvalue weighted by atomic mass is 9.57. The smallest absolute Gasteiger partial charge is 0.231 e. The van der Waals surface area contributed by atoms with Gasteiger partial charge in [-0.15, -0.1) is 0 Å². The molecular weight excluding hydrogens is 328 g/mol. The number of ether oxygens (including phenoxy) is 2. The van der Waals surface area contributed by atoms with Crippen molar-refractivity contribution in [3.05, 3.63) is 46.7 Å². The molecule has 1 aromatic rings. The summed E-state index contributed by atoms with van der Waals surface area (Å²) in [6.45, 7) is 0.153. The highest BCUT2D eigenvalue weighted by Gasteiger charge is 2.53. The fraction of sp³-hybridized carbons (Fsp3) is 0.350.